The van der Waals surface area contributed by atoms with Gasteiger partial charge in [0.2, 0.25) is 0 Å². The van der Waals surface area contributed by atoms with Crippen LogP contribution in [0, 0.1) is 0 Å². The maximum Gasteiger partial charge on any atom is 0.122 e. The summed E-state index contributed by atoms with van der Waals surface area (Å²) in [5, 5.41) is 0. The molecule has 2 aromatic rings. The lowest BCUT2D eigenvalue weighted by molar-refractivity contribution is 0.357. The van der Waals surface area contributed by atoms with Crippen LogP contribution in [-0.2, 0) is 6.42 Å². The van der Waals surface area contributed by atoms with Gasteiger partial charge in [0.15, 0.2) is 0 Å². The van der Waals surface area contributed by atoms with E-state index in [4.69, 9.17) is 10.5 Å². The molecule has 0 fully saturated rings. The first-order valence-electron chi connectivity index (χ1n) is 9.29. The molecular formula is C23H30N2OS. The molecule has 0 saturated carbocycles. The molecule has 1 aliphatic heterocycles. The molecule has 0 spiro atoms. The van der Waals surface area contributed by atoms with Gasteiger partial charge in [0, 0.05) is 25.6 Å². The first kappa shape index (κ1) is 19.6. The van der Waals surface area contributed by atoms with Gasteiger partial charge in [0.25, 0.3) is 0 Å². The van der Waals surface area contributed by atoms with E-state index in [-0.39, 0.29) is 5.92 Å². The Bertz CT molecular complexity index is 848. The van der Waals surface area contributed by atoms with Gasteiger partial charge in [0.05, 0.1) is 6.61 Å². The minimum atomic E-state index is -0.723. The lowest BCUT2D eigenvalue weighted by atomic mass is 9.85. The second-order valence-electron chi connectivity index (χ2n) is 7.76. The van der Waals surface area contributed by atoms with E-state index in [1.54, 1.807) is 13.2 Å². The standard InChI is InChI=1S/C23H30N2OS/c1-25-16-17(15-24)13-22(18-5-8-21(9-6-18)27(2,3)4)19-7-10-23-20(14-19)11-12-26-23/h5-10,14-16,22H,11-13,24H2,1-4H3. The highest BCUT2D eigenvalue weighted by atomic mass is 32.3. The molecule has 144 valence electrons. The maximum absolute atomic E-state index is 5.86. The topological polar surface area (TPSA) is 47.6 Å². The molecule has 1 heterocycles. The third kappa shape index (κ3) is 4.56. The van der Waals surface area contributed by atoms with Crippen molar-refractivity contribution in [2.24, 2.45) is 10.7 Å². The SMILES string of the molecule is CN=CC(=CN)CC(c1ccc(S(C)(C)C)cc1)c1ccc2c(c1)CCO2. The van der Waals surface area contributed by atoms with E-state index in [1.807, 2.05) is 6.21 Å². The minimum absolute atomic E-state index is 0.243. The van der Waals surface area contributed by atoms with Crippen molar-refractivity contribution in [2.75, 3.05) is 32.4 Å². The summed E-state index contributed by atoms with van der Waals surface area (Å²) in [4.78, 5) is 5.59. The number of allylic oxidation sites excluding steroid dienone is 1. The van der Waals surface area contributed by atoms with E-state index in [1.165, 1.54) is 21.6 Å². The van der Waals surface area contributed by atoms with E-state index in [0.717, 1.165) is 30.8 Å². The van der Waals surface area contributed by atoms with Crippen molar-refractivity contribution in [3.05, 3.63) is 70.9 Å². The molecule has 3 rings (SSSR count). The van der Waals surface area contributed by atoms with Crippen LogP contribution in [-0.4, -0.2) is 38.6 Å². The highest BCUT2D eigenvalue weighted by molar-refractivity contribution is 8.32. The van der Waals surface area contributed by atoms with Gasteiger partial charge in [-0.05, 0) is 76.7 Å². The third-order valence-electron chi connectivity index (χ3n) is 5.05. The molecular weight excluding hydrogens is 352 g/mol. The Hall–Kier alpha value is -2.20. The zero-order chi connectivity index (χ0) is 19.4. The largest absolute Gasteiger partial charge is 0.493 e. The van der Waals surface area contributed by atoms with Crippen molar-refractivity contribution in [1.82, 2.24) is 0 Å². The summed E-state index contributed by atoms with van der Waals surface area (Å²) in [6.45, 7) is 0.781. The molecule has 27 heavy (non-hydrogen) atoms. The van der Waals surface area contributed by atoms with Gasteiger partial charge in [-0.1, -0.05) is 24.3 Å². The summed E-state index contributed by atoms with van der Waals surface area (Å²) in [6, 6.07) is 15.7. The molecule has 0 aliphatic carbocycles. The minimum Gasteiger partial charge on any atom is -0.493 e. The summed E-state index contributed by atoms with van der Waals surface area (Å²) in [7, 11) is 1.06. The predicted molar refractivity (Wildman–Crippen MR) is 119 cm³/mol. The maximum atomic E-state index is 5.86. The van der Waals surface area contributed by atoms with Gasteiger partial charge >= 0.3 is 0 Å². The number of ether oxygens (including phenoxy) is 1. The third-order valence-corrected chi connectivity index (χ3v) is 6.74. The normalized spacial score (nSPS) is 16.2. The van der Waals surface area contributed by atoms with Gasteiger partial charge < -0.3 is 10.5 Å². The van der Waals surface area contributed by atoms with Crippen LogP contribution < -0.4 is 10.5 Å². The number of fused-ring (bicyclic) bond motifs is 1. The number of rotatable bonds is 6. The fourth-order valence-electron chi connectivity index (χ4n) is 3.53. The van der Waals surface area contributed by atoms with E-state index in [0.29, 0.717) is 0 Å². The van der Waals surface area contributed by atoms with Crippen LogP contribution >= 0.6 is 10.0 Å². The molecule has 0 amide bonds. The smallest absolute Gasteiger partial charge is 0.122 e. The van der Waals surface area contributed by atoms with Crippen LogP contribution in [0.25, 0.3) is 0 Å². The molecule has 0 aromatic heterocycles. The van der Waals surface area contributed by atoms with Crippen LogP contribution in [0.5, 0.6) is 5.75 Å². The average molecular weight is 383 g/mol. The lowest BCUT2D eigenvalue weighted by Gasteiger charge is -2.27. The molecule has 3 nitrogen and oxygen atoms in total. The number of hydrogen-bond donors (Lipinski definition) is 1. The summed E-state index contributed by atoms with van der Waals surface area (Å²) in [5.41, 5.74) is 10.8. The molecule has 0 saturated heterocycles. The molecule has 1 aliphatic rings. The van der Waals surface area contributed by atoms with E-state index >= 15 is 0 Å². The van der Waals surface area contributed by atoms with E-state index in [2.05, 4.69) is 66.2 Å². The van der Waals surface area contributed by atoms with Crippen molar-refractivity contribution >= 4 is 16.2 Å². The number of nitrogens with zero attached hydrogens (tertiary/aromatic N) is 1. The van der Waals surface area contributed by atoms with Crippen molar-refractivity contribution in [3.8, 4) is 5.75 Å². The molecule has 0 bridgehead atoms. The number of nitrogens with two attached hydrogens (primary N) is 1. The van der Waals surface area contributed by atoms with E-state index < -0.39 is 10.0 Å². The van der Waals surface area contributed by atoms with Gasteiger partial charge in [-0.25, -0.2) is 10.0 Å². The Labute approximate surface area is 164 Å². The Kier molecular flexibility index (Phi) is 5.95. The Morgan fingerprint density at radius 2 is 1.85 bits per heavy atom. The lowest BCUT2D eigenvalue weighted by Crippen LogP contribution is -2.06. The Morgan fingerprint density at radius 1 is 1.15 bits per heavy atom. The fraction of sp³-hybridized carbons (Fsp3) is 0.348. The zero-order valence-corrected chi connectivity index (χ0v) is 17.6. The predicted octanol–water partition coefficient (Wildman–Crippen LogP) is 4.74. The van der Waals surface area contributed by atoms with Crippen LogP contribution in [0.15, 0.2) is 64.1 Å². The summed E-state index contributed by atoms with van der Waals surface area (Å²) in [6.07, 6.45) is 12.3. The van der Waals surface area contributed by atoms with Gasteiger partial charge in [-0.15, -0.1) is 0 Å². The number of benzene rings is 2. The average Bonchev–Trinajstić information content (AvgIpc) is 3.12. The Morgan fingerprint density at radius 3 is 2.48 bits per heavy atom. The molecule has 1 unspecified atom stereocenters. The second kappa shape index (κ2) is 8.22. The Balaban J connectivity index is 1.99. The molecule has 1 atom stereocenters. The van der Waals surface area contributed by atoms with Crippen molar-refractivity contribution in [2.45, 2.75) is 23.7 Å². The summed E-state index contributed by atoms with van der Waals surface area (Å²) >= 11 is 0. The van der Waals surface area contributed by atoms with Crippen molar-refractivity contribution < 1.29 is 4.74 Å². The van der Waals surface area contributed by atoms with Gasteiger partial charge in [0.1, 0.15) is 5.75 Å². The number of hydrogen-bond acceptors (Lipinski definition) is 3. The van der Waals surface area contributed by atoms with Crippen LogP contribution in [0.1, 0.15) is 29.0 Å². The zero-order valence-electron chi connectivity index (χ0n) is 16.7. The molecule has 0 radical (unpaired) electrons. The monoisotopic (exact) mass is 382 g/mol. The highest BCUT2D eigenvalue weighted by Crippen LogP contribution is 2.45. The quantitative estimate of drug-likeness (QED) is 0.734. The second-order valence-corrected chi connectivity index (χ2v) is 11.9. The van der Waals surface area contributed by atoms with Gasteiger partial charge in [-0.3, -0.25) is 4.99 Å². The fourth-order valence-corrected chi connectivity index (χ4v) is 4.48. The molecule has 2 N–H and O–H groups in total. The van der Waals surface area contributed by atoms with Crippen molar-refractivity contribution in [1.29, 1.82) is 0 Å². The molecule has 4 heteroatoms. The summed E-state index contributed by atoms with van der Waals surface area (Å²) < 4.78 is 5.68. The summed E-state index contributed by atoms with van der Waals surface area (Å²) in [5.74, 6) is 1.27. The first-order valence-corrected chi connectivity index (χ1v) is 12.1. The first-order chi connectivity index (χ1) is 12.9. The molecule has 2 aromatic carbocycles. The highest BCUT2D eigenvalue weighted by Gasteiger charge is 2.20. The van der Waals surface area contributed by atoms with E-state index in [9.17, 15) is 0 Å². The van der Waals surface area contributed by atoms with Crippen LogP contribution in [0.3, 0.4) is 0 Å². The van der Waals surface area contributed by atoms with Crippen LogP contribution in [0.2, 0.25) is 0 Å². The van der Waals surface area contributed by atoms with Crippen LogP contribution in [0.4, 0.5) is 0 Å². The van der Waals surface area contributed by atoms with Gasteiger partial charge in [-0.2, -0.15) is 0 Å². The van der Waals surface area contributed by atoms with Crippen molar-refractivity contribution in [3.63, 3.8) is 0 Å². The number of aliphatic imine (C=N–C) groups is 1.